The number of hydrogen-bond donors (Lipinski definition) is 0. The minimum atomic E-state index is -0.181. The van der Waals surface area contributed by atoms with Gasteiger partial charge in [0.15, 0.2) is 0 Å². The molecular weight excluding hydrogens is 254 g/mol. The summed E-state index contributed by atoms with van der Waals surface area (Å²) >= 11 is 0. The molecule has 0 aliphatic heterocycles. The molecule has 0 radical (unpaired) electrons. The van der Waals surface area contributed by atoms with Gasteiger partial charge in [0.25, 0.3) is 0 Å². The third-order valence-electron chi connectivity index (χ3n) is 0.0786. The van der Waals surface area contributed by atoms with Gasteiger partial charge in [-0.15, -0.1) is 0 Å². The Kier molecular flexibility index (Phi) is 1290. The Balaban J connectivity index is -0.00000000375. The SMILES string of the molecule is O.O.O.O.O.O.O.O=BO[O-].O=BO[O-].[Mg+2]. The van der Waals surface area contributed by atoms with Crippen LogP contribution in [0.4, 0.5) is 0 Å². The first-order valence-corrected chi connectivity index (χ1v) is 1.28. The number of hydrogen-bond acceptors (Lipinski definition) is 6. The second-order valence-corrected chi connectivity index (χ2v) is 0.385. The molecule has 0 aromatic carbocycles. The summed E-state index contributed by atoms with van der Waals surface area (Å²) < 4.78 is 17.3. The molecule has 0 amide bonds. The molecule has 0 aliphatic carbocycles. The number of rotatable bonds is 2. The average Bonchev–Trinajstić information content (AvgIpc) is 1.88. The van der Waals surface area contributed by atoms with Crippen molar-refractivity contribution in [2.45, 2.75) is 0 Å². The van der Waals surface area contributed by atoms with Crippen molar-refractivity contribution >= 4 is 37.8 Å². The van der Waals surface area contributed by atoms with Gasteiger partial charge < -0.3 is 38.3 Å². The van der Waals surface area contributed by atoms with Crippen LogP contribution in [0.1, 0.15) is 0 Å². The normalized spacial score (nSPS) is 2.12. The maximum absolute atomic E-state index is 8.64. The second kappa shape index (κ2) is 199. The molecule has 0 aromatic rings. The molecule has 0 fully saturated rings. The molecule has 0 spiro atoms. The fourth-order valence-corrected chi connectivity index (χ4v) is 0. The van der Waals surface area contributed by atoms with Gasteiger partial charge in [-0.25, -0.2) is 0 Å². The summed E-state index contributed by atoms with van der Waals surface area (Å²) in [4.78, 5) is 5.22. The zero-order valence-corrected chi connectivity index (χ0v) is 9.23. The van der Waals surface area contributed by atoms with Crippen LogP contribution in [0.15, 0.2) is 0 Å². The van der Waals surface area contributed by atoms with E-state index in [0.717, 1.165) is 0 Å². The topological polar surface area (TPSA) is 319 Å². The summed E-state index contributed by atoms with van der Waals surface area (Å²) in [5.74, 6) is 0. The maximum Gasteiger partial charge on any atom is 2.00 e. The van der Waals surface area contributed by atoms with Crippen molar-refractivity contribution in [1.82, 2.24) is 0 Å². The van der Waals surface area contributed by atoms with Gasteiger partial charge in [0.2, 0.25) is 0 Å². The van der Waals surface area contributed by atoms with Gasteiger partial charge in [-0.05, 0) is 0 Å². The minimum absolute atomic E-state index is 0. The fraction of sp³-hybridized carbons (Fsp3) is 0. The quantitative estimate of drug-likeness (QED) is 0.265. The Morgan fingerprint density at radius 2 is 0.688 bits per heavy atom. The summed E-state index contributed by atoms with van der Waals surface area (Å²) in [6.45, 7) is 0. The van der Waals surface area contributed by atoms with Crippen molar-refractivity contribution in [2.75, 3.05) is 0 Å². The Morgan fingerprint density at radius 1 is 0.625 bits per heavy atom. The molecule has 0 rings (SSSR count). The van der Waals surface area contributed by atoms with Crippen LogP contribution >= 0.6 is 0 Å². The third kappa shape index (κ3) is 739. The Bertz CT molecular complexity index is 49.9. The predicted octanol–water partition coefficient (Wildman–Crippen LogP) is -9.67. The molecule has 0 saturated carbocycles. The van der Waals surface area contributed by atoms with Gasteiger partial charge in [0, 0.05) is 0 Å². The molecule has 100 valence electrons. The minimum Gasteiger partial charge on any atom is 2.00 e. The third-order valence-corrected chi connectivity index (χ3v) is 0.0786. The molecule has 0 saturated heterocycles. The molecule has 0 unspecified atom stereocenters. The van der Waals surface area contributed by atoms with Gasteiger partial charge in [-0.2, -0.15) is 0 Å². The first-order chi connectivity index (χ1) is 3.83. The van der Waals surface area contributed by atoms with Crippen molar-refractivity contribution in [3.63, 3.8) is 0 Å². The summed E-state index contributed by atoms with van der Waals surface area (Å²) in [7, 11) is -0.361. The molecule has 16 heteroatoms. The monoisotopic (exact) mass is 268 g/mol. The van der Waals surface area contributed by atoms with E-state index in [1.807, 2.05) is 0 Å². The van der Waals surface area contributed by atoms with E-state index in [9.17, 15) is 0 Å². The van der Waals surface area contributed by atoms with Crippen LogP contribution in [0.5, 0.6) is 0 Å². The summed E-state index contributed by atoms with van der Waals surface area (Å²) in [6.07, 6.45) is 0. The van der Waals surface area contributed by atoms with E-state index in [1.54, 1.807) is 0 Å². The van der Waals surface area contributed by atoms with Crippen LogP contribution < -0.4 is 10.5 Å². The zero-order chi connectivity index (χ0) is 6.83. The predicted molar refractivity (Wildman–Crippen MR) is 46.1 cm³/mol. The molecule has 0 bridgehead atoms. The van der Waals surface area contributed by atoms with E-state index in [1.165, 1.54) is 0 Å². The molecular formula is H14B2MgO13. The van der Waals surface area contributed by atoms with Crippen molar-refractivity contribution in [3.8, 4) is 0 Å². The molecule has 16 heavy (non-hydrogen) atoms. The Labute approximate surface area is 106 Å². The van der Waals surface area contributed by atoms with E-state index in [2.05, 4.69) is 9.61 Å². The van der Waals surface area contributed by atoms with Gasteiger partial charge >= 0.3 is 67.3 Å². The zero-order valence-electron chi connectivity index (χ0n) is 7.81. The van der Waals surface area contributed by atoms with E-state index in [-0.39, 0.29) is 76.1 Å². The molecule has 13 nitrogen and oxygen atoms in total. The van der Waals surface area contributed by atoms with E-state index < -0.39 is 0 Å². The first-order valence-electron chi connectivity index (χ1n) is 1.28. The van der Waals surface area contributed by atoms with Gasteiger partial charge in [-0.1, -0.05) is 0 Å². The van der Waals surface area contributed by atoms with E-state index in [0.29, 0.717) is 0 Å². The van der Waals surface area contributed by atoms with Crippen LogP contribution in [0.3, 0.4) is 0 Å². The smallest absolute Gasteiger partial charge is 2.00 e. The van der Waals surface area contributed by atoms with Crippen LogP contribution in [0, 0.1) is 0 Å². The standard InChI is InChI=1S/2BHO3.Mg.7H2O/c2*2-1-4-3;;;;;;;;/h2*3H;;7*1H2/q;;+2;;;;;;;/p-2. The largest absolute Gasteiger partial charge is 2.00 e. The second-order valence-electron chi connectivity index (χ2n) is 0.385. The molecule has 0 atom stereocenters. The Hall–Kier alpha value is -0.264. The van der Waals surface area contributed by atoms with E-state index in [4.69, 9.17) is 19.9 Å². The van der Waals surface area contributed by atoms with Crippen molar-refractivity contribution in [3.05, 3.63) is 0 Å². The van der Waals surface area contributed by atoms with Crippen LogP contribution in [0.2, 0.25) is 0 Å². The molecule has 0 heterocycles. The first kappa shape index (κ1) is 104. The van der Waals surface area contributed by atoms with Crippen LogP contribution in [-0.4, -0.2) is 76.1 Å². The Morgan fingerprint density at radius 3 is 0.688 bits per heavy atom. The molecule has 14 N–H and O–H groups in total. The molecule has 0 aromatic heterocycles. The summed E-state index contributed by atoms with van der Waals surface area (Å²) in [5.41, 5.74) is 0. The average molecular weight is 268 g/mol. The van der Waals surface area contributed by atoms with Gasteiger partial charge in [0.05, 0.1) is 0 Å². The molecule has 0 aliphatic rings. The van der Waals surface area contributed by atoms with Crippen molar-refractivity contribution < 1.29 is 67.9 Å². The fourth-order valence-electron chi connectivity index (χ4n) is 0. The van der Waals surface area contributed by atoms with Crippen LogP contribution in [0.25, 0.3) is 0 Å². The van der Waals surface area contributed by atoms with Crippen LogP contribution in [-0.2, 0) is 19.0 Å². The van der Waals surface area contributed by atoms with E-state index >= 15 is 0 Å². The van der Waals surface area contributed by atoms with Crippen molar-refractivity contribution in [2.24, 2.45) is 0 Å². The van der Waals surface area contributed by atoms with Gasteiger partial charge in [0.1, 0.15) is 0 Å². The van der Waals surface area contributed by atoms with Crippen molar-refractivity contribution in [1.29, 1.82) is 0 Å². The van der Waals surface area contributed by atoms with Gasteiger partial charge in [-0.3, -0.25) is 0 Å². The summed E-state index contributed by atoms with van der Waals surface area (Å²) in [5, 5.41) is 16.9. The summed E-state index contributed by atoms with van der Waals surface area (Å²) in [6, 6.07) is 0. The maximum atomic E-state index is 8.64.